The molecule has 0 bridgehead atoms. The number of thioether (sulfide) groups is 1. The number of hydrogen-bond acceptors (Lipinski definition) is 5. The van der Waals surface area contributed by atoms with Gasteiger partial charge in [-0.15, -0.1) is 11.8 Å². The third kappa shape index (κ3) is 4.47. The fraction of sp³-hybridized carbons (Fsp3) is 0.120. The van der Waals surface area contributed by atoms with E-state index < -0.39 is 0 Å². The highest BCUT2D eigenvalue weighted by Gasteiger charge is 2.14. The van der Waals surface area contributed by atoms with Crippen LogP contribution < -0.4 is 10.2 Å². The van der Waals surface area contributed by atoms with Crippen molar-refractivity contribution < 1.29 is 13.9 Å². The second-order valence-corrected chi connectivity index (χ2v) is 7.82. The molecular formula is C25H20O4S. The van der Waals surface area contributed by atoms with E-state index in [4.69, 9.17) is 9.15 Å². The Bertz CT molecular complexity index is 1230. The molecule has 0 fully saturated rings. The molecule has 0 aliphatic rings. The lowest BCUT2D eigenvalue weighted by atomic mass is 10.0. The summed E-state index contributed by atoms with van der Waals surface area (Å²) >= 11 is 1.49. The first-order chi connectivity index (χ1) is 14.6. The number of benzene rings is 3. The smallest absolute Gasteiger partial charge is 0.321 e. The Morgan fingerprint density at radius 1 is 0.967 bits per heavy atom. The summed E-state index contributed by atoms with van der Waals surface area (Å²) in [6.45, 7) is 1.77. The van der Waals surface area contributed by atoms with Crippen molar-refractivity contribution in [3.8, 4) is 16.9 Å². The monoisotopic (exact) mass is 416 g/mol. The number of aryl methyl sites for hydroxylation is 1. The zero-order valence-corrected chi connectivity index (χ0v) is 17.3. The van der Waals surface area contributed by atoms with Crippen molar-refractivity contribution in [2.75, 3.05) is 5.75 Å². The van der Waals surface area contributed by atoms with Gasteiger partial charge in [0.1, 0.15) is 17.1 Å². The Balaban J connectivity index is 1.49. The molecule has 0 N–H and O–H groups in total. The maximum Gasteiger partial charge on any atom is 0.321 e. The molecule has 150 valence electrons. The van der Waals surface area contributed by atoms with Gasteiger partial charge in [-0.05, 0) is 30.2 Å². The molecule has 0 saturated carbocycles. The topological polar surface area (TPSA) is 56.5 Å². The number of fused-ring (bicyclic) bond motifs is 1. The maximum absolute atomic E-state index is 13.0. The van der Waals surface area contributed by atoms with Gasteiger partial charge in [0.05, 0.1) is 16.7 Å². The van der Waals surface area contributed by atoms with Gasteiger partial charge in [0.25, 0.3) is 0 Å². The predicted octanol–water partition coefficient (Wildman–Crippen LogP) is 5.61. The van der Waals surface area contributed by atoms with Crippen LogP contribution in [0, 0.1) is 6.92 Å². The van der Waals surface area contributed by atoms with Crippen LogP contribution in [0.3, 0.4) is 0 Å². The van der Waals surface area contributed by atoms with Crippen LogP contribution in [-0.2, 0) is 10.5 Å². The average Bonchev–Trinajstić information content (AvgIpc) is 2.75. The maximum atomic E-state index is 13.0. The standard InChI is InChI=1S/C25H20O4S/c1-17-24(19-10-6-3-7-11-19)25(27)21-13-12-20(14-22(21)28-17)29-23(26)16-30-15-18-8-4-2-5-9-18/h2-14H,15-16H2,1H3. The summed E-state index contributed by atoms with van der Waals surface area (Å²) in [5.74, 6) is 1.53. The molecule has 0 unspecified atom stereocenters. The summed E-state index contributed by atoms with van der Waals surface area (Å²) in [6, 6.07) is 24.3. The van der Waals surface area contributed by atoms with E-state index >= 15 is 0 Å². The van der Waals surface area contributed by atoms with Crippen molar-refractivity contribution in [2.24, 2.45) is 0 Å². The summed E-state index contributed by atoms with van der Waals surface area (Å²) in [7, 11) is 0. The van der Waals surface area contributed by atoms with E-state index in [2.05, 4.69) is 0 Å². The van der Waals surface area contributed by atoms with E-state index in [1.54, 1.807) is 25.1 Å². The van der Waals surface area contributed by atoms with Crippen LogP contribution in [0.2, 0.25) is 0 Å². The third-order valence-electron chi connectivity index (χ3n) is 4.67. The van der Waals surface area contributed by atoms with Crippen molar-refractivity contribution in [3.63, 3.8) is 0 Å². The molecule has 0 radical (unpaired) electrons. The molecule has 4 nitrogen and oxygen atoms in total. The van der Waals surface area contributed by atoms with E-state index in [1.807, 2.05) is 60.7 Å². The molecule has 1 heterocycles. The highest BCUT2D eigenvalue weighted by molar-refractivity contribution is 7.99. The minimum atomic E-state index is -0.338. The first kappa shape index (κ1) is 20.0. The first-order valence-electron chi connectivity index (χ1n) is 9.57. The zero-order valence-electron chi connectivity index (χ0n) is 16.5. The highest BCUT2D eigenvalue weighted by Crippen LogP contribution is 2.26. The quantitative estimate of drug-likeness (QED) is 0.302. The molecule has 4 rings (SSSR count). The van der Waals surface area contributed by atoms with Crippen LogP contribution >= 0.6 is 11.8 Å². The lowest BCUT2D eigenvalue weighted by molar-refractivity contribution is -0.131. The Hall–Kier alpha value is -3.31. The van der Waals surface area contributed by atoms with Crippen molar-refractivity contribution in [1.29, 1.82) is 0 Å². The van der Waals surface area contributed by atoms with Gasteiger partial charge in [0.2, 0.25) is 5.43 Å². The Kier molecular flexibility index (Phi) is 6.00. The van der Waals surface area contributed by atoms with Gasteiger partial charge in [-0.25, -0.2) is 0 Å². The number of carbonyl (C=O) groups excluding carboxylic acids is 1. The molecule has 5 heteroatoms. The normalized spacial score (nSPS) is 10.8. The van der Waals surface area contributed by atoms with E-state index in [9.17, 15) is 9.59 Å². The molecular weight excluding hydrogens is 396 g/mol. The second kappa shape index (κ2) is 9.01. The van der Waals surface area contributed by atoms with Gasteiger partial charge in [-0.2, -0.15) is 0 Å². The van der Waals surface area contributed by atoms with E-state index in [0.717, 1.165) is 16.9 Å². The number of rotatable bonds is 6. The van der Waals surface area contributed by atoms with E-state index in [-0.39, 0.29) is 17.2 Å². The van der Waals surface area contributed by atoms with Crippen LogP contribution in [0.4, 0.5) is 0 Å². The van der Waals surface area contributed by atoms with Crippen LogP contribution in [0.1, 0.15) is 11.3 Å². The number of carbonyl (C=O) groups is 1. The Morgan fingerprint density at radius 2 is 1.67 bits per heavy atom. The molecule has 0 aliphatic heterocycles. The summed E-state index contributed by atoms with van der Waals surface area (Å²) in [5.41, 5.74) is 2.82. The Labute approximate surface area is 178 Å². The number of esters is 1. The van der Waals surface area contributed by atoms with Crippen LogP contribution in [0.15, 0.2) is 88.1 Å². The van der Waals surface area contributed by atoms with Crippen LogP contribution in [0.25, 0.3) is 22.1 Å². The van der Waals surface area contributed by atoms with Gasteiger partial charge in [-0.1, -0.05) is 60.7 Å². The van der Waals surface area contributed by atoms with E-state index in [0.29, 0.717) is 28.0 Å². The van der Waals surface area contributed by atoms with Crippen molar-refractivity contribution in [3.05, 3.63) is 100 Å². The van der Waals surface area contributed by atoms with Crippen LogP contribution in [-0.4, -0.2) is 11.7 Å². The van der Waals surface area contributed by atoms with Gasteiger partial charge in [0, 0.05) is 11.8 Å². The molecule has 0 amide bonds. The third-order valence-corrected chi connectivity index (χ3v) is 5.64. The minimum Gasteiger partial charge on any atom is -0.460 e. The van der Waals surface area contributed by atoms with Crippen LogP contribution in [0.5, 0.6) is 5.75 Å². The zero-order chi connectivity index (χ0) is 20.9. The number of ether oxygens (including phenoxy) is 1. The fourth-order valence-corrected chi connectivity index (χ4v) is 4.03. The van der Waals surface area contributed by atoms with Gasteiger partial charge in [-0.3, -0.25) is 9.59 Å². The second-order valence-electron chi connectivity index (χ2n) is 6.84. The molecule has 0 aliphatic carbocycles. The lowest BCUT2D eigenvalue weighted by Gasteiger charge is -2.09. The SMILES string of the molecule is Cc1oc2cc(OC(=O)CSCc3ccccc3)ccc2c(=O)c1-c1ccccc1. The molecule has 0 saturated heterocycles. The van der Waals surface area contributed by atoms with Crippen molar-refractivity contribution in [1.82, 2.24) is 0 Å². The van der Waals surface area contributed by atoms with Gasteiger partial charge >= 0.3 is 5.97 Å². The molecule has 0 atom stereocenters. The van der Waals surface area contributed by atoms with Crippen molar-refractivity contribution >= 4 is 28.7 Å². The molecule has 30 heavy (non-hydrogen) atoms. The lowest BCUT2D eigenvalue weighted by Crippen LogP contribution is -2.11. The molecule has 3 aromatic carbocycles. The summed E-state index contributed by atoms with van der Waals surface area (Å²) < 4.78 is 11.3. The number of hydrogen-bond donors (Lipinski definition) is 0. The van der Waals surface area contributed by atoms with Crippen molar-refractivity contribution in [2.45, 2.75) is 12.7 Å². The minimum absolute atomic E-state index is 0.101. The first-order valence-corrected chi connectivity index (χ1v) is 10.7. The Morgan fingerprint density at radius 3 is 2.40 bits per heavy atom. The largest absolute Gasteiger partial charge is 0.460 e. The van der Waals surface area contributed by atoms with Gasteiger partial charge < -0.3 is 9.15 Å². The van der Waals surface area contributed by atoms with E-state index in [1.165, 1.54) is 11.8 Å². The highest BCUT2D eigenvalue weighted by atomic mass is 32.2. The summed E-state index contributed by atoms with van der Waals surface area (Å²) in [6.07, 6.45) is 0. The summed E-state index contributed by atoms with van der Waals surface area (Å²) in [4.78, 5) is 25.2. The average molecular weight is 416 g/mol. The summed E-state index contributed by atoms with van der Waals surface area (Å²) in [5, 5.41) is 0.456. The van der Waals surface area contributed by atoms with Gasteiger partial charge in [0.15, 0.2) is 0 Å². The fourth-order valence-electron chi connectivity index (χ4n) is 3.28. The molecule has 4 aromatic rings. The predicted molar refractivity (Wildman–Crippen MR) is 121 cm³/mol. The molecule has 0 spiro atoms. The molecule has 1 aromatic heterocycles.